The van der Waals surface area contributed by atoms with Crippen molar-refractivity contribution in [1.29, 1.82) is 0 Å². The molecule has 1 heterocycles. The molecule has 1 aliphatic heterocycles. The molecule has 0 aromatic heterocycles. The van der Waals surface area contributed by atoms with Crippen LogP contribution in [0.2, 0.25) is 0 Å². The summed E-state index contributed by atoms with van der Waals surface area (Å²) < 4.78 is 95.7. The van der Waals surface area contributed by atoms with Crippen molar-refractivity contribution >= 4 is 26.0 Å². The van der Waals surface area contributed by atoms with Gasteiger partial charge in [-0.1, -0.05) is 0 Å². The minimum Gasteiger partial charge on any atom is -0.497 e. The number of carbonyl (C=O) groups is 1. The average Bonchev–Trinajstić information content (AvgIpc) is 2.81. The fourth-order valence-electron chi connectivity index (χ4n) is 2.90. The summed E-state index contributed by atoms with van der Waals surface area (Å²) in [7, 11) is -4.32. The number of ether oxygens (including phenoxy) is 2. The number of methoxy groups -OCH3 is 2. The summed E-state index contributed by atoms with van der Waals surface area (Å²) in [6.07, 6.45) is -4.61. The molecule has 0 unspecified atom stereocenters. The van der Waals surface area contributed by atoms with Crippen LogP contribution in [-0.2, 0) is 29.6 Å². The van der Waals surface area contributed by atoms with Crippen LogP contribution in [0.1, 0.15) is 6.42 Å². The standard InChI is InChI=1S/C17H29N3O6S2.C2HF3O2/c1-25-14-3-10-20(13-15-27(21,22)19-11-8-18-9-12-19)28(23,24)17-6-4-16(26-2)5-7-17;3-2(4,5)1(6)7/h4-7,18H,3,8-15H2,1-2H3;(H,6,7). The van der Waals surface area contributed by atoms with Gasteiger partial charge in [0.2, 0.25) is 20.0 Å². The first-order valence-corrected chi connectivity index (χ1v) is 13.4. The summed E-state index contributed by atoms with van der Waals surface area (Å²) in [5.41, 5.74) is 0. The minimum atomic E-state index is -5.08. The van der Waals surface area contributed by atoms with Crippen molar-refractivity contribution in [2.75, 3.05) is 65.8 Å². The number of hydrogen-bond donors (Lipinski definition) is 2. The molecule has 16 heteroatoms. The van der Waals surface area contributed by atoms with Crippen LogP contribution in [0, 0.1) is 0 Å². The van der Waals surface area contributed by atoms with Crippen LogP contribution in [0.4, 0.5) is 13.2 Å². The Bertz CT molecular complexity index is 997. The zero-order chi connectivity index (χ0) is 26.7. The van der Waals surface area contributed by atoms with Crippen molar-refractivity contribution in [3.05, 3.63) is 24.3 Å². The maximum atomic E-state index is 13.0. The van der Waals surface area contributed by atoms with Crippen LogP contribution in [0.25, 0.3) is 0 Å². The lowest BCUT2D eigenvalue weighted by atomic mass is 10.3. The fourth-order valence-corrected chi connectivity index (χ4v) is 5.95. The van der Waals surface area contributed by atoms with Crippen LogP contribution < -0.4 is 10.1 Å². The van der Waals surface area contributed by atoms with Crippen LogP contribution in [0.15, 0.2) is 29.2 Å². The lowest BCUT2D eigenvalue weighted by molar-refractivity contribution is -0.192. The van der Waals surface area contributed by atoms with E-state index in [4.69, 9.17) is 19.4 Å². The summed E-state index contributed by atoms with van der Waals surface area (Å²) in [4.78, 5) is 9.00. The molecule has 1 saturated heterocycles. The van der Waals surface area contributed by atoms with E-state index in [0.717, 1.165) is 0 Å². The van der Waals surface area contributed by atoms with Gasteiger partial charge in [-0.05, 0) is 30.7 Å². The predicted molar refractivity (Wildman–Crippen MR) is 120 cm³/mol. The third-order valence-electron chi connectivity index (χ3n) is 4.76. The molecule has 11 nitrogen and oxygen atoms in total. The van der Waals surface area contributed by atoms with E-state index < -0.39 is 32.2 Å². The molecule has 0 aliphatic carbocycles. The van der Waals surface area contributed by atoms with Gasteiger partial charge in [0.05, 0.1) is 17.8 Å². The van der Waals surface area contributed by atoms with Gasteiger partial charge < -0.3 is 19.9 Å². The Morgan fingerprint density at radius 2 is 1.63 bits per heavy atom. The summed E-state index contributed by atoms with van der Waals surface area (Å²) in [6, 6.07) is 6.06. The van der Waals surface area contributed by atoms with Gasteiger partial charge in [0.15, 0.2) is 0 Å². The molecule has 1 aromatic rings. The molecular weight excluding hydrogens is 519 g/mol. The van der Waals surface area contributed by atoms with E-state index in [1.165, 1.54) is 35.0 Å². The molecule has 0 saturated carbocycles. The maximum absolute atomic E-state index is 13.0. The number of aliphatic carboxylic acids is 1. The van der Waals surface area contributed by atoms with Crippen molar-refractivity contribution in [1.82, 2.24) is 13.9 Å². The molecule has 2 N–H and O–H groups in total. The molecule has 1 aliphatic rings. The Morgan fingerprint density at radius 3 is 2.09 bits per heavy atom. The normalized spacial score (nSPS) is 15.4. The zero-order valence-corrected chi connectivity index (χ0v) is 21.0. The Morgan fingerprint density at radius 1 is 1.09 bits per heavy atom. The number of halogens is 3. The number of benzene rings is 1. The lowest BCUT2D eigenvalue weighted by Crippen LogP contribution is -2.48. The zero-order valence-electron chi connectivity index (χ0n) is 19.3. The van der Waals surface area contributed by atoms with Gasteiger partial charge in [0, 0.05) is 53.0 Å². The minimum absolute atomic E-state index is 0.102. The third-order valence-corrected chi connectivity index (χ3v) is 8.53. The first-order valence-electron chi connectivity index (χ1n) is 10.4. The Hall–Kier alpha value is -1.98. The molecule has 202 valence electrons. The third kappa shape index (κ3) is 10.3. The van der Waals surface area contributed by atoms with Crippen LogP contribution in [0.5, 0.6) is 5.75 Å². The second kappa shape index (κ2) is 13.9. The van der Waals surface area contributed by atoms with Gasteiger partial charge >= 0.3 is 12.1 Å². The average molecular weight is 550 g/mol. The summed E-state index contributed by atoms with van der Waals surface area (Å²) >= 11 is 0. The lowest BCUT2D eigenvalue weighted by Gasteiger charge is -2.28. The van der Waals surface area contributed by atoms with Gasteiger partial charge in [-0.25, -0.2) is 21.6 Å². The van der Waals surface area contributed by atoms with Crippen molar-refractivity contribution in [3.63, 3.8) is 0 Å². The second-order valence-electron chi connectivity index (χ2n) is 7.19. The highest BCUT2D eigenvalue weighted by atomic mass is 32.2. The number of nitrogens with zero attached hydrogens (tertiary/aromatic N) is 2. The number of rotatable bonds is 11. The van der Waals surface area contributed by atoms with Crippen LogP contribution in [-0.4, -0.2) is 109 Å². The topological polar surface area (TPSA) is 143 Å². The largest absolute Gasteiger partial charge is 0.497 e. The predicted octanol–water partition coefficient (Wildman–Crippen LogP) is 0.591. The smallest absolute Gasteiger partial charge is 0.490 e. The molecule has 0 spiro atoms. The highest BCUT2D eigenvalue weighted by molar-refractivity contribution is 7.90. The second-order valence-corrected chi connectivity index (χ2v) is 11.2. The summed E-state index contributed by atoms with van der Waals surface area (Å²) in [5, 5.41) is 10.2. The Kier molecular flexibility index (Phi) is 12.4. The molecule has 0 radical (unpaired) electrons. The van der Waals surface area contributed by atoms with E-state index in [-0.39, 0.29) is 23.7 Å². The van der Waals surface area contributed by atoms with Crippen LogP contribution in [0.3, 0.4) is 0 Å². The van der Waals surface area contributed by atoms with Crippen molar-refractivity contribution < 1.29 is 49.4 Å². The van der Waals surface area contributed by atoms with Crippen molar-refractivity contribution in [2.24, 2.45) is 0 Å². The molecule has 1 aromatic carbocycles. The monoisotopic (exact) mass is 549 g/mol. The molecular formula is C19H30F3N3O8S2. The van der Waals surface area contributed by atoms with Crippen LogP contribution >= 0.6 is 0 Å². The number of hydrogen-bond acceptors (Lipinski definition) is 8. The number of nitrogens with one attached hydrogen (secondary N) is 1. The number of carboxylic acids is 1. The molecule has 2 rings (SSSR count). The highest BCUT2D eigenvalue weighted by Crippen LogP contribution is 2.20. The maximum Gasteiger partial charge on any atom is 0.490 e. The van der Waals surface area contributed by atoms with E-state index in [0.29, 0.717) is 45.0 Å². The number of carboxylic acid groups (broad SMARTS) is 1. The van der Waals surface area contributed by atoms with Crippen molar-refractivity contribution in [3.8, 4) is 5.75 Å². The number of piperazine rings is 1. The Labute approximate surface area is 202 Å². The summed E-state index contributed by atoms with van der Waals surface area (Å²) in [5.74, 6) is -2.46. The van der Waals surface area contributed by atoms with Gasteiger partial charge in [0.1, 0.15) is 5.75 Å². The molecule has 0 atom stereocenters. The quantitative estimate of drug-likeness (QED) is 0.379. The van der Waals surface area contributed by atoms with E-state index in [9.17, 15) is 30.0 Å². The fraction of sp³-hybridized carbons (Fsp3) is 0.632. The van der Waals surface area contributed by atoms with Gasteiger partial charge in [-0.2, -0.15) is 21.8 Å². The van der Waals surface area contributed by atoms with Gasteiger partial charge in [0.25, 0.3) is 0 Å². The number of sulfonamides is 2. The molecule has 0 bridgehead atoms. The highest BCUT2D eigenvalue weighted by Gasteiger charge is 2.38. The summed E-state index contributed by atoms with van der Waals surface area (Å²) in [6.45, 7) is 2.46. The first-order chi connectivity index (χ1) is 16.3. The van der Waals surface area contributed by atoms with E-state index in [2.05, 4.69) is 5.32 Å². The number of alkyl halides is 3. The van der Waals surface area contributed by atoms with E-state index in [1.54, 1.807) is 12.1 Å². The molecule has 35 heavy (non-hydrogen) atoms. The van der Waals surface area contributed by atoms with Crippen molar-refractivity contribution in [2.45, 2.75) is 17.5 Å². The van der Waals surface area contributed by atoms with Gasteiger partial charge in [-0.15, -0.1) is 0 Å². The molecule has 0 amide bonds. The SMILES string of the molecule is COCCCN(CCS(=O)(=O)N1CCNCC1)S(=O)(=O)c1ccc(OC)cc1.O=C(O)C(F)(F)F. The molecule has 1 fully saturated rings. The van der Waals surface area contributed by atoms with E-state index in [1.807, 2.05) is 0 Å². The first kappa shape index (κ1) is 31.1. The Balaban J connectivity index is 0.000000762. The van der Waals surface area contributed by atoms with Gasteiger partial charge in [-0.3, -0.25) is 0 Å². The van der Waals surface area contributed by atoms with E-state index >= 15 is 0 Å².